The van der Waals surface area contributed by atoms with Crippen LogP contribution in [0.2, 0.25) is 0 Å². The van der Waals surface area contributed by atoms with E-state index in [1.807, 2.05) is 0 Å². The summed E-state index contributed by atoms with van der Waals surface area (Å²) >= 11 is 3.50. The number of rotatable bonds is 6. The monoisotopic (exact) mass is 342 g/mol. The number of ether oxygens (including phenoxy) is 1. The molecule has 1 aliphatic carbocycles. The van der Waals surface area contributed by atoms with Crippen LogP contribution in [0.3, 0.4) is 0 Å². The van der Waals surface area contributed by atoms with Gasteiger partial charge < -0.3 is 15.4 Å². The average molecular weight is 343 g/mol. The second kappa shape index (κ2) is 6.26. The van der Waals surface area contributed by atoms with Crippen molar-refractivity contribution in [3.05, 3.63) is 10.7 Å². The zero-order valence-electron chi connectivity index (χ0n) is 12.5. The van der Waals surface area contributed by atoms with E-state index in [1.165, 1.54) is 0 Å². The number of halogens is 1. The van der Waals surface area contributed by atoms with Crippen molar-refractivity contribution in [1.29, 1.82) is 0 Å². The lowest BCUT2D eigenvalue weighted by atomic mass is 9.64. The molecule has 20 heavy (non-hydrogen) atoms. The maximum absolute atomic E-state index is 5.48. The van der Waals surface area contributed by atoms with E-state index in [-0.39, 0.29) is 5.41 Å². The standard InChI is InChI=1S/C14H23BrN4O/c1-5-6-16-13-17-8-9(15)12(19-13)18-10-7-11(20-4)14(10,2)3/h8,10-11H,5-7H2,1-4H3,(H2,16,17,18,19). The lowest BCUT2D eigenvalue weighted by molar-refractivity contribution is -0.0795. The van der Waals surface area contributed by atoms with Crippen LogP contribution >= 0.6 is 15.9 Å². The van der Waals surface area contributed by atoms with Gasteiger partial charge in [-0.25, -0.2) is 4.98 Å². The Labute approximate surface area is 129 Å². The molecule has 2 unspecified atom stereocenters. The van der Waals surface area contributed by atoms with Crippen LogP contribution in [0.1, 0.15) is 33.6 Å². The summed E-state index contributed by atoms with van der Waals surface area (Å²) in [5.74, 6) is 1.50. The second-order valence-electron chi connectivity index (χ2n) is 5.80. The van der Waals surface area contributed by atoms with Gasteiger partial charge in [-0.1, -0.05) is 20.8 Å². The Morgan fingerprint density at radius 2 is 2.25 bits per heavy atom. The molecule has 0 amide bonds. The van der Waals surface area contributed by atoms with Gasteiger partial charge in [0.2, 0.25) is 5.95 Å². The first-order chi connectivity index (χ1) is 9.48. The molecule has 1 saturated carbocycles. The molecule has 0 aromatic carbocycles. The molecule has 2 atom stereocenters. The molecule has 1 aromatic rings. The summed E-state index contributed by atoms with van der Waals surface area (Å²) in [6.07, 6.45) is 4.14. The smallest absolute Gasteiger partial charge is 0.224 e. The molecule has 0 bridgehead atoms. The van der Waals surface area contributed by atoms with Gasteiger partial charge in [-0.3, -0.25) is 0 Å². The maximum Gasteiger partial charge on any atom is 0.224 e. The summed E-state index contributed by atoms with van der Waals surface area (Å²) in [6.45, 7) is 7.43. The Hall–Kier alpha value is -0.880. The SMILES string of the molecule is CCCNc1ncc(Br)c(NC2CC(OC)C2(C)C)n1. The van der Waals surface area contributed by atoms with Gasteiger partial charge in [0.25, 0.3) is 0 Å². The summed E-state index contributed by atoms with van der Waals surface area (Å²) in [6, 6.07) is 0.359. The third kappa shape index (κ3) is 3.06. The highest BCUT2D eigenvalue weighted by atomic mass is 79.9. The normalized spacial score (nSPS) is 24.1. The fraction of sp³-hybridized carbons (Fsp3) is 0.714. The molecule has 5 nitrogen and oxygen atoms in total. The van der Waals surface area contributed by atoms with Crippen molar-refractivity contribution in [3.63, 3.8) is 0 Å². The average Bonchev–Trinajstić information content (AvgIpc) is 2.43. The zero-order valence-corrected chi connectivity index (χ0v) is 14.1. The van der Waals surface area contributed by atoms with E-state index in [0.29, 0.717) is 18.1 Å². The highest BCUT2D eigenvalue weighted by Crippen LogP contribution is 2.44. The minimum atomic E-state index is 0.107. The lowest BCUT2D eigenvalue weighted by Crippen LogP contribution is -2.57. The Balaban J connectivity index is 2.06. The molecule has 6 heteroatoms. The van der Waals surface area contributed by atoms with Crippen LogP contribution < -0.4 is 10.6 Å². The molecule has 2 N–H and O–H groups in total. The highest BCUT2D eigenvalue weighted by molar-refractivity contribution is 9.10. The molecule has 1 aromatic heterocycles. The van der Waals surface area contributed by atoms with Crippen LogP contribution in [0.15, 0.2) is 10.7 Å². The molecule has 0 radical (unpaired) electrons. The Morgan fingerprint density at radius 3 is 2.85 bits per heavy atom. The Kier molecular flexibility index (Phi) is 4.86. The summed E-state index contributed by atoms with van der Waals surface area (Å²) in [5.41, 5.74) is 0.107. The molecule has 0 saturated heterocycles. The summed E-state index contributed by atoms with van der Waals surface area (Å²) in [5, 5.41) is 6.70. The van der Waals surface area contributed by atoms with Gasteiger partial charge in [-0.2, -0.15) is 4.98 Å². The first-order valence-corrected chi connectivity index (χ1v) is 7.84. The number of hydrogen-bond donors (Lipinski definition) is 2. The van der Waals surface area contributed by atoms with Crippen LogP contribution in [0.4, 0.5) is 11.8 Å². The van der Waals surface area contributed by atoms with Crippen molar-refractivity contribution in [2.45, 2.75) is 45.8 Å². The van der Waals surface area contributed by atoms with Crippen molar-refractivity contribution in [3.8, 4) is 0 Å². The molecule has 2 rings (SSSR count). The molecule has 0 spiro atoms. The van der Waals surface area contributed by atoms with Crippen molar-refractivity contribution >= 4 is 27.7 Å². The van der Waals surface area contributed by atoms with Crippen LogP contribution in [-0.2, 0) is 4.74 Å². The molecule has 1 aliphatic rings. The van der Waals surface area contributed by atoms with Crippen molar-refractivity contribution in [2.75, 3.05) is 24.3 Å². The molecular formula is C14H23BrN4O. The summed E-state index contributed by atoms with van der Waals surface area (Å²) in [4.78, 5) is 8.79. The molecule has 1 fully saturated rings. The quantitative estimate of drug-likeness (QED) is 0.830. The third-order valence-corrected chi connectivity index (χ3v) is 4.63. The zero-order chi connectivity index (χ0) is 14.8. The van der Waals surface area contributed by atoms with E-state index in [0.717, 1.165) is 29.7 Å². The van der Waals surface area contributed by atoms with Crippen molar-refractivity contribution in [2.24, 2.45) is 5.41 Å². The molecule has 0 aliphatic heterocycles. The van der Waals surface area contributed by atoms with Crippen LogP contribution in [-0.4, -0.2) is 35.8 Å². The first kappa shape index (κ1) is 15.5. The van der Waals surface area contributed by atoms with Gasteiger partial charge in [-0.15, -0.1) is 0 Å². The van der Waals surface area contributed by atoms with Crippen molar-refractivity contribution in [1.82, 2.24) is 9.97 Å². The van der Waals surface area contributed by atoms with E-state index < -0.39 is 0 Å². The van der Waals surface area contributed by atoms with E-state index in [4.69, 9.17) is 4.74 Å². The van der Waals surface area contributed by atoms with E-state index in [9.17, 15) is 0 Å². The predicted octanol–water partition coefficient (Wildman–Crippen LogP) is 3.29. The third-order valence-electron chi connectivity index (χ3n) is 4.05. The molecular weight excluding hydrogens is 320 g/mol. The number of hydrogen-bond acceptors (Lipinski definition) is 5. The van der Waals surface area contributed by atoms with Crippen LogP contribution in [0.25, 0.3) is 0 Å². The Morgan fingerprint density at radius 1 is 1.50 bits per heavy atom. The van der Waals surface area contributed by atoms with Gasteiger partial charge in [0, 0.05) is 31.3 Å². The summed E-state index contributed by atoms with van der Waals surface area (Å²) < 4.78 is 6.37. The van der Waals surface area contributed by atoms with Crippen molar-refractivity contribution < 1.29 is 4.74 Å². The topological polar surface area (TPSA) is 59.1 Å². The minimum absolute atomic E-state index is 0.107. The maximum atomic E-state index is 5.48. The van der Waals surface area contributed by atoms with Gasteiger partial charge >= 0.3 is 0 Å². The van der Waals surface area contributed by atoms with Crippen LogP contribution in [0, 0.1) is 5.41 Å². The summed E-state index contributed by atoms with van der Waals surface area (Å²) in [7, 11) is 1.77. The fourth-order valence-corrected chi connectivity index (χ4v) is 2.79. The molecule has 112 valence electrons. The van der Waals surface area contributed by atoms with Crippen LogP contribution in [0.5, 0.6) is 0 Å². The number of methoxy groups -OCH3 is 1. The minimum Gasteiger partial charge on any atom is -0.381 e. The van der Waals surface area contributed by atoms with Gasteiger partial charge in [0.05, 0.1) is 10.6 Å². The highest BCUT2D eigenvalue weighted by Gasteiger charge is 2.48. The molecule has 1 heterocycles. The number of nitrogens with one attached hydrogen (secondary N) is 2. The number of nitrogens with zero attached hydrogens (tertiary/aromatic N) is 2. The van der Waals surface area contributed by atoms with E-state index >= 15 is 0 Å². The van der Waals surface area contributed by atoms with E-state index in [2.05, 4.69) is 57.3 Å². The van der Waals surface area contributed by atoms with Gasteiger partial charge in [0.1, 0.15) is 5.82 Å². The fourth-order valence-electron chi connectivity index (χ4n) is 2.49. The largest absolute Gasteiger partial charge is 0.381 e. The van der Waals surface area contributed by atoms with E-state index in [1.54, 1.807) is 13.3 Å². The predicted molar refractivity (Wildman–Crippen MR) is 85.1 cm³/mol. The second-order valence-corrected chi connectivity index (χ2v) is 6.65. The first-order valence-electron chi connectivity index (χ1n) is 7.04. The van der Waals surface area contributed by atoms with Gasteiger partial charge in [-0.05, 0) is 28.8 Å². The Bertz CT molecular complexity index is 466. The lowest BCUT2D eigenvalue weighted by Gasteiger charge is -2.51. The number of aromatic nitrogens is 2. The van der Waals surface area contributed by atoms with Gasteiger partial charge in [0.15, 0.2) is 0 Å². The number of anilines is 2.